The Balaban J connectivity index is 1.53. The van der Waals surface area contributed by atoms with Gasteiger partial charge in [0.05, 0.1) is 12.0 Å². The molecule has 3 saturated carbocycles. The molecule has 0 saturated heterocycles. The van der Waals surface area contributed by atoms with Gasteiger partial charge in [0.2, 0.25) is 11.6 Å². The number of fused-ring (bicyclic) bond motifs is 7. The fourth-order valence-electron chi connectivity index (χ4n) is 10.6. The van der Waals surface area contributed by atoms with Crippen LogP contribution < -0.4 is 0 Å². The standard InChI is InChI=1S/C34H43N3O3/c1-29(2)11-13-34(28(40)37-16-15-36-20-37)14-12-33(7)26(21(34)18-29)23(38)17-25-31(5)19-22(35-8)27(39)30(3,4)24(31)9-10-32(25,33)6/h15-17,19-21,24,26H,9-14,18H2,1-7H3/t21-,24-,26-,31-,32+,33+,34-/m0/s1. The molecule has 1 aromatic rings. The van der Waals surface area contributed by atoms with E-state index in [1.165, 1.54) is 0 Å². The highest BCUT2D eigenvalue weighted by molar-refractivity contribution is 6.03. The molecule has 5 aliphatic carbocycles. The van der Waals surface area contributed by atoms with Crippen molar-refractivity contribution in [3.63, 3.8) is 0 Å². The number of ketones is 2. The molecule has 0 bridgehead atoms. The van der Waals surface area contributed by atoms with Crippen molar-refractivity contribution in [2.75, 3.05) is 0 Å². The number of aromatic nitrogens is 2. The van der Waals surface area contributed by atoms with Gasteiger partial charge in [0.1, 0.15) is 6.33 Å². The molecule has 6 heteroatoms. The van der Waals surface area contributed by atoms with Gasteiger partial charge in [0.15, 0.2) is 11.6 Å². The molecule has 0 radical (unpaired) electrons. The van der Waals surface area contributed by atoms with E-state index in [1.807, 2.05) is 26.0 Å². The SMILES string of the molecule is [C-]#[N+]C1=C[C@]2(C)C3=CC(=O)[C@@H]4[C@@H]5CC(C)(C)CC[C@]5(C(=O)n5ccnc5)CC[C@@]4(C)[C@]3(C)CC[C@H]2C(C)(C)C1=O. The molecule has 3 fully saturated rings. The Morgan fingerprint density at radius 2 is 1.73 bits per heavy atom. The Morgan fingerprint density at radius 1 is 1.02 bits per heavy atom. The van der Waals surface area contributed by atoms with Crippen molar-refractivity contribution in [3.8, 4) is 0 Å². The van der Waals surface area contributed by atoms with Crippen LogP contribution in [0.3, 0.4) is 0 Å². The first-order chi connectivity index (χ1) is 18.6. The topological polar surface area (TPSA) is 73.4 Å². The van der Waals surface area contributed by atoms with E-state index < -0.39 is 16.2 Å². The number of hydrogen-bond acceptors (Lipinski definition) is 4. The molecule has 40 heavy (non-hydrogen) atoms. The van der Waals surface area contributed by atoms with Gasteiger partial charge in [-0.2, -0.15) is 0 Å². The van der Waals surface area contributed by atoms with E-state index in [0.29, 0.717) is 0 Å². The van der Waals surface area contributed by atoms with E-state index in [-0.39, 0.29) is 57.2 Å². The highest BCUT2D eigenvalue weighted by atomic mass is 16.2. The predicted octanol–water partition coefficient (Wildman–Crippen LogP) is 7.10. The number of carbonyl (C=O) groups excluding carboxylic acids is 3. The zero-order chi connectivity index (χ0) is 29.1. The number of imidazole rings is 1. The minimum absolute atomic E-state index is 0.0318. The number of nitrogens with zero attached hydrogens (tertiary/aromatic N) is 3. The van der Waals surface area contributed by atoms with E-state index in [1.54, 1.807) is 23.3 Å². The van der Waals surface area contributed by atoms with Crippen molar-refractivity contribution < 1.29 is 14.4 Å². The van der Waals surface area contributed by atoms with Crippen LogP contribution in [0.5, 0.6) is 0 Å². The molecule has 1 heterocycles. The third-order valence-electron chi connectivity index (χ3n) is 13.0. The highest BCUT2D eigenvalue weighted by Crippen LogP contribution is 2.74. The van der Waals surface area contributed by atoms with Gasteiger partial charge in [-0.3, -0.25) is 14.2 Å². The summed E-state index contributed by atoms with van der Waals surface area (Å²) in [5, 5.41) is 0. The monoisotopic (exact) mass is 541 g/mol. The summed E-state index contributed by atoms with van der Waals surface area (Å²) in [7, 11) is 0. The average molecular weight is 542 g/mol. The van der Waals surface area contributed by atoms with Gasteiger partial charge < -0.3 is 4.79 Å². The molecule has 0 amide bonds. The van der Waals surface area contributed by atoms with Crippen LogP contribution in [0.15, 0.2) is 42.1 Å². The molecule has 0 unspecified atom stereocenters. The molecule has 0 aliphatic heterocycles. The second-order valence-electron chi connectivity index (χ2n) is 15.7. The summed E-state index contributed by atoms with van der Waals surface area (Å²) in [5.74, 6) is -0.113. The van der Waals surface area contributed by atoms with E-state index >= 15 is 0 Å². The molecule has 7 atom stereocenters. The van der Waals surface area contributed by atoms with Crippen molar-refractivity contribution in [2.45, 2.75) is 93.4 Å². The number of Topliss-reactive ketones (excluding diaryl/α,β-unsaturated/α-hetero) is 1. The predicted molar refractivity (Wildman–Crippen MR) is 153 cm³/mol. The molecule has 0 N–H and O–H groups in total. The van der Waals surface area contributed by atoms with Crippen LogP contribution in [0.2, 0.25) is 0 Å². The number of carbonyl (C=O) groups is 3. The van der Waals surface area contributed by atoms with Gasteiger partial charge in [0, 0.05) is 29.1 Å². The average Bonchev–Trinajstić information content (AvgIpc) is 3.42. The summed E-state index contributed by atoms with van der Waals surface area (Å²) in [5.41, 5.74) is -1.02. The minimum Gasteiger partial charge on any atom is -0.307 e. The Labute approximate surface area is 238 Å². The third kappa shape index (κ3) is 3.21. The zero-order valence-electron chi connectivity index (χ0n) is 25.1. The van der Waals surface area contributed by atoms with Crippen molar-refractivity contribution in [2.24, 2.45) is 50.2 Å². The van der Waals surface area contributed by atoms with Gasteiger partial charge in [0.25, 0.3) is 0 Å². The summed E-state index contributed by atoms with van der Waals surface area (Å²) >= 11 is 0. The molecular formula is C34H43N3O3. The first-order valence-corrected chi connectivity index (χ1v) is 15.0. The first-order valence-electron chi connectivity index (χ1n) is 15.0. The number of hydrogen-bond donors (Lipinski definition) is 0. The van der Waals surface area contributed by atoms with Gasteiger partial charge in [-0.05, 0) is 79.1 Å². The maximum atomic E-state index is 14.6. The van der Waals surface area contributed by atoms with Crippen molar-refractivity contribution in [1.29, 1.82) is 0 Å². The lowest BCUT2D eigenvalue weighted by Crippen LogP contribution is -2.66. The van der Waals surface area contributed by atoms with Crippen LogP contribution in [-0.2, 0) is 9.59 Å². The fraction of sp³-hybridized carbons (Fsp3) is 0.676. The second kappa shape index (κ2) is 8.14. The smallest absolute Gasteiger partial charge is 0.238 e. The summed E-state index contributed by atoms with van der Waals surface area (Å²) in [4.78, 5) is 49.9. The van der Waals surface area contributed by atoms with Crippen molar-refractivity contribution in [1.82, 2.24) is 9.55 Å². The Kier molecular flexibility index (Phi) is 5.57. The van der Waals surface area contributed by atoms with Crippen molar-refractivity contribution in [3.05, 3.63) is 53.6 Å². The van der Waals surface area contributed by atoms with E-state index in [0.717, 1.165) is 50.5 Å². The fourth-order valence-corrected chi connectivity index (χ4v) is 10.6. The molecular weight excluding hydrogens is 498 g/mol. The van der Waals surface area contributed by atoms with Gasteiger partial charge in [-0.15, -0.1) is 0 Å². The van der Waals surface area contributed by atoms with Crippen LogP contribution in [-0.4, -0.2) is 27.0 Å². The van der Waals surface area contributed by atoms with Gasteiger partial charge >= 0.3 is 0 Å². The Hall–Kier alpha value is -2.81. The highest BCUT2D eigenvalue weighted by Gasteiger charge is 2.70. The molecule has 212 valence electrons. The maximum absolute atomic E-state index is 14.6. The third-order valence-corrected chi connectivity index (χ3v) is 13.0. The van der Waals surface area contributed by atoms with Gasteiger partial charge in [-0.25, -0.2) is 9.83 Å². The van der Waals surface area contributed by atoms with Crippen LogP contribution in [0.1, 0.15) is 98.2 Å². The van der Waals surface area contributed by atoms with Crippen molar-refractivity contribution >= 4 is 17.5 Å². The quantitative estimate of drug-likeness (QED) is 0.356. The Morgan fingerprint density at radius 3 is 2.38 bits per heavy atom. The summed E-state index contributed by atoms with van der Waals surface area (Å²) in [6.45, 7) is 23.1. The lowest BCUT2D eigenvalue weighted by Gasteiger charge is -2.69. The maximum Gasteiger partial charge on any atom is 0.238 e. The Bertz CT molecular complexity index is 1420. The molecule has 6 rings (SSSR count). The van der Waals surface area contributed by atoms with Crippen LogP contribution >= 0.6 is 0 Å². The van der Waals surface area contributed by atoms with E-state index in [2.05, 4.69) is 44.4 Å². The lowest BCUT2D eigenvalue weighted by atomic mass is 9.34. The van der Waals surface area contributed by atoms with Crippen LogP contribution in [0, 0.1) is 56.8 Å². The van der Waals surface area contributed by atoms with Gasteiger partial charge in [-0.1, -0.05) is 60.1 Å². The summed E-state index contributed by atoms with van der Waals surface area (Å²) in [6.07, 6.45) is 14.8. The van der Waals surface area contributed by atoms with Crippen LogP contribution in [0.4, 0.5) is 0 Å². The lowest BCUT2D eigenvalue weighted by molar-refractivity contribution is -0.164. The largest absolute Gasteiger partial charge is 0.307 e. The molecule has 0 spiro atoms. The molecule has 0 aromatic carbocycles. The summed E-state index contributed by atoms with van der Waals surface area (Å²) in [6, 6.07) is 0. The molecule has 5 aliphatic rings. The number of allylic oxidation sites excluding steroid dienone is 4. The second-order valence-corrected chi connectivity index (χ2v) is 15.7. The molecule has 1 aromatic heterocycles. The minimum atomic E-state index is -0.668. The van der Waals surface area contributed by atoms with Crippen LogP contribution in [0.25, 0.3) is 4.85 Å². The zero-order valence-corrected chi connectivity index (χ0v) is 25.1. The normalized spacial score (nSPS) is 43.2. The van der Waals surface area contributed by atoms with E-state index in [9.17, 15) is 14.4 Å². The molecule has 6 nitrogen and oxygen atoms in total. The summed E-state index contributed by atoms with van der Waals surface area (Å²) < 4.78 is 1.65. The van der Waals surface area contributed by atoms with E-state index in [4.69, 9.17) is 6.57 Å². The number of rotatable bonds is 1. The first kappa shape index (κ1) is 27.4.